The van der Waals surface area contributed by atoms with Gasteiger partial charge in [-0.25, -0.2) is 4.39 Å². The Labute approximate surface area is 164 Å². The molecule has 1 fully saturated rings. The first-order chi connectivity index (χ1) is 12.5. The summed E-state index contributed by atoms with van der Waals surface area (Å²) < 4.78 is 12.9. The van der Waals surface area contributed by atoms with Gasteiger partial charge in [0.1, 0.15) is 5.82 Å². The van der Waals surface area contributed by atoms with E-state index in [-0.39, 0.29) is 49.1 Å². The number of nitrogens with two attached hydrogens (primary N) is 1. The zero-order chi connectivity index (χ0) is 18.5. The minimum absolute atomic E-state index is 0. The maximum absolute atomic E-state index is 12.9. The number of hydrogen-bond acceptors (Lipinski definition) is 3. The third-order valence-electron chi connectivity index (χ3n) is 4.68. The highest BCUT2D eigenvalue weighted by molar-refractivity contribution is 5.94. The van der Waals surface area contributed by atoms with E-state index in [1.165, 1.54) is 24.3 Å². The van der Waals surface area contributed by atoms with Crippen LogP contribution in [-0.2, 0) is 4.79 Å². The predicted molar refractivity (Wildman–Crippen MR) is 104 cm³/mol. The molecule has 0 radical (unpaired) electrons. The van der Waals surface area contributed by atoms with E-state index < -0.39 is 5.82 Å². The topological polar surface area (TPSA) is 75.4 Å². The molecule has 2 aromatic carbocycles. The SMILES string of the molecule is Cl.N[C@@H]1CN(C(=O)CCNC(=O)c2ccc(F)cc2)C[C@H]1c1ccccc1. The molecule has 27 heavy (non-hydrogen) atoms. The average Bonchev–Trinajstić information content (AvgIpc) is 3.04. The van der Waals surface area contributed by atoms with Crippen LogP contribution in [0.1, 0.15) is 28.3 Å². The van der Waals surface area contributed by atoms with E-state index in [1.54, 1.807) is 4.90 Å². The van der Waals surface area contributed by atoms with E-state index in [9.17, 15) is 14.0 Å². The third kappa shape index (κ3) is 5.28. The summed E-state index contributed by atoms with van der Waals surface area (Å²) in [5.41, 5.74) is 7.72. The number of amides is 2. The fourth-order valence-corrected chi connectivity index (χ4v) is 3.23. The molecule has 0 aromatic heterocycles. The lowest BCUT2D eigenvalue weighted by Crippen LogP contribution is -2.34. The zero-order valence-electron chi connectivity index (χ0n) is 14.8. The molecule has 1 aliphatic rings. The molecule has 5 nitrogen and oxygen atoms in total. The van der Waals surface area contributed by atoms with Crippen molar-refractivity contribution < 1.29 is 14.0 Å². The van der Waals surface area contributed by atoms with Crippen LogP contribution in [0.5, 0.6) is 0 Å². The maximum Gasteiger partial charge on any atom is 0.251 e. The van der Waals surface area contributed by atoms with Gasteiger partial charge in [-0.1, -0.05) is 30.3 Å². The zero-order valence-corrected chi connectivity index (χ0v) is 15.6. The summed E-state index contributed by atoms with van der Waals surface area (Å²) in [5, 5.41) is 2.69. The second kappa shape index (κ2) is 9.48. The van der Waals surface area contributed by atoms with Gasteiger partial charge in [0.15, 0.2) is 0 Å². The van der Waals surface area contributed by atoms with Gasteiger partial charge in [0.2, 0.25) is 5.91 Å². The molecule has 2 aromatic rings. The summed E-state index contributed by atoms with van der Waals surface area (Å²) in [6.45, 7) is 1.34. The van der Waals surface area contributed by atoms with Crippen molar-refractivity contribution in [2.75, 3.05) is 19.6 Å². The van der Waals surface area contributed by atoms with E-state index in [0.717, 1.165) is 5.56 Å². The number of nitrogens with one attached hydrogen (secondary N) is 1. The quantitative estimate of drug-likeness (QED) is 0.821. The largest absolute Gasteiger partial charge is 0.352 e. The minimum Gasteiger partial charge on any atom is -0.352 e. The minimum atomic E-state index is -0.393. The van der Waals surface area contributed by atoms with Gasteiger partial charge >= 0.3 is 0 Å². The van der Waals surface area contributed by atoms with E-state index in [2.05, 4.69) is 5.32 Å². The number of halogens is 2. The van der Waals surface area contributed by atoms with Gasteiger partial charge in [-0.15, -0.1) is 12.4 Å². The fourth-order valence-electron chi connectivity index (χ4n) is 3.23. The Morgan fingerprint density at radius 2 is 1.74 bits per heavy atom. The van der Waals surface area contributed by atoms with Crippen molar-refractivity contribution >= 4 is 24.2 Å². The van der Waals surface area contributed by atoms with Crippen molar-refractivity contribution in [3.8, 4) is 0 Å². The molecular weight excluding hydrogens is 369 g/mol. The lowest BCUT2D eigenvalue weighted by molar-refractivity contribution is -0.130. The van der Waals surface area contributed by atoms with Crippen molar-refractivity contribution in [2.24, 2.45) is 5.73 Å². The molecule has 1 saturated heterocycles. The number of nitrogens with zero attached hydrogens (tertiary/aromatic N) is 1. The second-order valence-corrected chi connectivity index (χ2v) is 6.49. The smallest absolute Gasteiger partial charge is 0.251 e. The van der Waals surface area contributed by atoms with Crippen molar-refractivity contribution in [1.29, 1.82) is 0 Å². The highest BCUT2D eigenvalue weighted by Crippen LogP contribution is 2.26. The van der Waals surface area contributed by atoms with Gasteiger partial charge in [0, 0.05) is 43.6 Å². The van der Waals surface area contributed by atoms with Crippen molar-refractivity contribution in [3.63, 3.8) is 0 Å². The maximum atomic E-state index is 12.9. The molecule has 7 heteroatoms. The molecule has 3 N–H and O–H groups in total. The van der Waals surface area contributed by atoms with Crippen molar-refractivity contribution in [1.82, 2.24) is 10.2 Å². The monoisotopic (exact) mass is 391 g/mol. The Hall–Kier alpha value is -2.44. The van der Waals surface area contributed by atoms with Gasteiger partial charge in [-0.3, -0.25) is 9.59 Å². The molecule has 0 bridgehead atoms. The average molecular weight is 392 g/mol. The molecule has 0 aliphatic carbocycles. The molecular formula is C20H23ClFN3O2. The highest BCUT2D eigenvalue weighted by Gasteiger charge is 2.33. The van der Waals surface area contributed by atoms with E-state index >= 15 is 0 Å². The van der Waals surface area contributed by atoms with Crippen LogP contribution < -0.4 is 11.1 Å². The second-order valence-electron chi connectivity index (χ2n) is 6.49. The van der Waals surface area contributed by atoms with Gasteiger partial charge in [-0.05, 0) is 29.8 Å². The van der Waals surface area contributed by atoms with Crippen molar-refractivity contribution in [2.45, 2.75) is 18.4 Å². The first-order valence-electron chi connectivity index (χ1n) is 8.66. The van der Waals surface area contributed by atoms with Gasteiger partial charge in [0.05, 0.1) is 0 Å². The van der Waals surface area contributed by atoms with Crippen LogP contribution >= 0.6 is 12.4 Å². The lowest BCUT2D eigenvalue weighted by atomic mass is 9.95. The Morgan fingerprint density at radius 3 is 2.41 bits per heavy atom. The molecule has 144 valence electrons. The van der Waals surface area contributed by atoms with Crippen molar-refractivity contribution in [3.05, 3.63) is 71.5 Å². The number of hydrogen-bond donors (Lipinski definition) is 2. The Kier molecular flexibility index (Phi) is 7.33. The summed E-state index contributed by atoms with van der Waals surface area (Å²) in [5.74, 6) is -0.611. The van der Waals surface area contributed by atoms with Crippen LogP contribution in [-0.4, -0.2) is 42.4 Å². The molecule has 0 unspecified atom stereocenters. The number of rotatable bonds is 5. The highest BCUT2D eigenvalue weighted by atomic mass is 35.5. The normalized spacial score (nSPS) is 18.7. The third-order valence-corrected chi connectivity index (χ3v) is 4.68. The van der Waals surface area contributed by atoms with Gasteiger partial charge in [0.25, 0.3) is 5.91 Å². The van der Waals surface area contributed by atoms with E-state index in [0.29, 0.717) is 18.7 Å². The van der Waals surface area contributed by atoms with E-state index in [1.807, 2.05) is 30.3 Å². The number of likely N-dealkylation sites (tertiary alicyclic amines) is 1. The van der Waals surface area contributed by atoms with Gasteiger partial charge in [-0.2, -0.15) is 0 Å². The van der Waals surface area contributed by atoms with Crippen LogP contribution in [0.15, 0.2) is 54.6 Å². The summed E-state index contributed by atoms with van der Waals surface area (Å²) in [6.07, 6.45) is 0.209. The Bertz CT molecular complexity index is 771. The first-order valence-corrected chi connectivity index (χ1v) is 8.66. The summed E-state index contributed by atoms with van der Waals surface area (Å²) in [4.78, 5) is 26.1. The molecule has 3 rings (SSSR count). The number of benzene rings is 2. The molecule has 2 atom stereocenters. The first kappa shape index (κ1) is 20.9. The standard InChI is InChI=1S/C20H22FN3O2.ClH/c21-16-8-6-15(7-9-16)20(26)23-11-10-19(25)24-12-17(18(22)13-24)14-4-2-1-3-5-14;/h1-9,17-18H,10-13,22H2,(H,23,26);1H/t17-,18+;/m0./s1. The summed E-state index contributed by atoms with van der Waals surface area (Å²) in [6, 6.07) is 15.2. The lowest BCUT2D eigenvalue weighted by Gasteiger charge is -2.16. The van der Waals surface area contributed by atoms with Crippen LogP contribution in [0.25, 0.3) is 0 Å². The molecule has 2 amide bonds. The Balaban J connectivity index is 0.00000261. The van der Waals surface area contributed by atoms with Crippen LogP contribution in [0, 0.1) is 5.82 Å². The van der Waals surface area contributed by atoms with Crippen LogP contribution in [0.4, 0.5) is 4.39 Å². The predicted octanol–water partition coefficient (Wildman–Crippen LogP) is 2.32. The number of carbonyl (C=O) groups is 2. The summed E-state index contributed by atoms with van der Waals surface area (Å²) in [7, 11) is 0. The fraction of sp³-hybridized carbons (Fsp3) is 0.300. The van der Waals surface area contributed by atoms with Crippen LogP contribution in [0.2, 0.25) is 0 Å². The molecule has 0 saturated carbocycles. The molecule has 0 spiro atoms. The Morgan fingerprint density at radius 1 is 1.07 bits per heavy atom. The summed E-state index contributed by atoms with van der Waals surface area (Å²) >= 11 is 0. The number of carbonyl (C=O) groups excluding carboxylic acids is 2. The molecule has 1 aliphatic heterocycles. The van der Waals surface area contributed by atoms with Gasteiger partial charge < -0.3 is 16.0 Å². The van der Waals surface area contributed by atoms with E-state index in [4.69, 9.17) is 5.73 Å². The van der Waals surface area contributed by atoms with Crippen LogP contribution in [0.3, 0.4) is 0 Å². The molecule has 1 heterocycles.